The second kappa shape index (κ2) is 6.90. The topological polar surface area (TPSA) is 83.5 Å². The fourth-order valence-electron chi connectivity index (χ4n) is 4.21. The molecule has 0 spiro atoms. The van der Waals surface area contributed by atoms with E-state index in [-0.39, 0.29) is 0 Å². The zero-order chi connectivity index (χ0) is 20.0. The van der Waals surface area contributed by atoms with Crippen LogP contribution in [0.3, 0.4) is 0 Å². The standard InChI is InChI=1S/C22H21N7/c1-14-10-25-16(11-24-14)8-21-27-20-12-26-19-4-3-15(9-23)7-18(19)22(20)29(21)17-5-6-28(2)13-17/h3-4,7,10-12,17H,5-6,8,13H2,1-2H3/t17-/m1/s1. The molecule has 7 heteroatoms. The van der Waals surface area contributed by atoms with Crippen LogP contribution in [0.4, 0.5) is 0 Å². The Balaban J connectivity index is 1.74. The van der Waals surface area contributed by atoms with Crippen LogP contribution in [-0.2, 0) is 6.42 Å². The molecular formula is C22H21N7. The summed E-state index contributed by atoms with van der Waals surface area (Å²) in [6, 6.07) is 8.23. The molecule has 1 saturated heterocycles. The third-order valence-corrected chi connectivity index (χ3v) is 5.62. The van der Waals surface area contributed by atoms with Gasteiger partial charge in [0.15, 0.2) is 0 Å². The first-order valence-electron chi connectivity index (χ1n) is 9.78. The summed E-state index contributed by atoms with van der Waals surface area (Å²) in [6.45, 7) is 3.96. The number of rotatable bonds is 3. The molecule has 7 nitrogen and oxygen atoms in total. The van der Waals surface area contributed by atoms with Crippen molar-refractivity contribution >= 4 is 21.9 Å². The Morgan fingerprint density at radius 1 is 1.14 bits per heavy atom. The Morgan fingerprint density at radius 2 is 2.03 bits per heavy atom. The van der Waals surface area contributed by atoms with Crippen molar-refractivity contribution in [2.45, 2.75) is 25.8 Å². The number of pyridine rings is 1. The Bertz CT molecular complexity index is 1250. The van der Waals surface area contributed by atoms with E-state index in [9.17, 15) is 5.26 Å². The fourth-order valence-corrected chi connectivity index (χ4v) is 4.21. The summed E-state index contributed by atoms with van der Waals surface area (Å²) in [5, 5.41) is 10.4. The van der Waals surface area contributed by atoms with Crippen molar-refractivity contribution in [1.29, 1.82) is 5.26 Å². The maximum Gasteiger partial charge on any atom is 0.116 e. The lowest BCUT2D eigenvalue weighted by molar-refractivity contribution is 0.392. The Morgan fingerprint density at radius 3 is 2.76 bits per heavy atom. The third-order valence-electron chi connectivity index (χ3n) is 5.62. The normalized spacial score (nSPS) is 17.2. The van der Waals surface area contributed by atoms with Crippen LogP contribution in [0, 0.1) is 18.3 Å². The van der Waals surface area contributed by atoms with Gasteiger partial charge in [-0.2, -0.15) is 5.26 Å². The lowest BCUT2D eigenvalue weighted by Gasteiger charge is -2.18. The van der Waals surface area contributed by atoms with Gasteiger partial charge in [-0.1, -0.05) is 0 Å². The summed E-state index contributed by atoms with van der Waals surface area (Å²) < 4.78 is 2.35. The van der Waals surface area contributed by atoms with Crippen LogP contribution in [0.5, 0.6) is 0 Å². The number of likely N-dealkylation sites (tertiary alicyclic amines) is 1. The quantitative estimate of drug-likeness (QED) is 0.541. The molecular weight excluding hydrogens is 362 g/mol. The smallest absolute Gasteiger partial charge is 0.116 e. The van der Waals surface area contributed by atoms with Crippen molar-refractivity contribution in [3.05, 3.63) is 59.6 Å². The van der Waals surface area contributed by atoms with Gasteiger partial charge in [-0.05, 0) is 45.1 Å². The molecule has 5 rings (SSSR count). The van der Waals surface area contributed by atoms with Crippen LogP contribution in [0.15, 0.2) is 36.8 Å². The average Bonchev–Trinajstić information content (AvgIpc) is 3.32. The molecule has 1 fully saturated rings. The molecule has 4 aromatic rings. The van der Waals surface area contributed by atoms with Crippen LogP contribution < -0.4 is 0 Å². The van der Waals surface area contributed by atoms with Gasteiger partial charge < -0.3 is 9.47 Å². The van der Waals surface area contributed by atoms with E-state index in [1.165, 1.54) is 0 Å². The molecule has 3 aromatic heterocycles. The first-order valence-corrected chi connectivity index (χ1v) is 9.78. The van der Waals surface area contributed by atoms with E-state index >= 15 is 0 Å². The fraction of sp³-hybridized carbons (Fsp3) is 0.318. The zero-order valence-electron chi connectivity index (χ0n) is 16.5. The molecule has 1 aromatic carbocycles. The highest BCUT2D eigenvalue weighted by molar-refractivity contribution is 6.02. The number of nitriles is 1. The number of benzene rings is 1. The Labute approximate surface area is 168 Å². The number of hydrogen-bond donors (Lipinski definition) is 0. The number of likely N-dealkylation sites (N-methyl/N-ethyl adjacent to an activating group) is 1. The molecule has 0 radical (unpaired) electrons. The van der Waals surface area contributed by atoms with E-state index in [4.69, 9.17) is 4.98 Å². The highest BCUT2D eigenvalue weighted by Gasteiger charge is 2.27. The number of fused-ring (bicyclic) bond motifs is 3. The van der Waals surface area contributed by atoms with E-state index < -0.39 is 0 Å². The highest BCUT2D eigenvalue weighted by atomic mass is 15.2. The molecule has 29 heavy (non-hydrogen) atoms. The average molecular weight is 383 g/mol. The molecule has 0 aliphatic carbocycles. The van der Waals surface area contributed by atoms with Crippen LogP contribution >= 0.6 is 0 Å². The van der Waals surface area contributed by atoms with Gasteiger partial charge in [0.2, 0.25) is 0 Å². The molecule has 0 amide bonds. The molecule has 144 valence electrons. The van der Waals surface area contributed by atoms with E-state index in [1.807, 2.05) is 37.5 Å². The van der Waals surface area contributed by atoms with Gasteiger partial charge in [0.1, 0.15) is 11.3 Å². The van der Waals surface area contributed by atoms with E-state index in [2.05, 4.69) is 37.5 Å². The number of aromatic nitrogens is 5. The number of hydrogen-bond acceptors (Lipinski definition) is 6. The number of aryl methyl sites for hydroxylation is 1. The third kappa shape index (κ3) is 3.12. The van der Waals surface area contributed by atoms with Gasteiger partial charge in [0, 0.05) is 36.8 Å². The van der Waals surface area contributed by atoms with Crippen LogP contribution in [0.1, 0.15) is 35.2 Å². The van der Waals surface area contributed by atoms with Gasteiger partial charge in [-0.25, -0.2) is 4.98 Å². The van der Waals surface area contributed by atoms with Crippen molar-refractivity contribution < 1.29 is 0 Å². The molecule has 1 aliphatic rings. The molecule has 1 atom stereocenters. The minimum absolute atomic E-state index is 0.328. The largest absolute Gasteiger partial charge is 0.323 e. The predicted octanol–water partition coefficient (Wildman–Crippen LogP) is 3.02. The summed E-state index contributed by atoms with van der Waals surface area (Å²) in [6.07, 6.45) is 7.13. The molecule has 1 aliphatic heterocycles. The lowest BCUT2D eigenvalue weighted by atomic mass is 10.1. The molecule has 4 heterocycles. The molecule has 0 bridgehead atoms. The summed E-state index contributed by atoms with van der Waals surface area (Å²) in [5.41, 5.74) is 5.23. The Kier molecular flexibility index (Phi) is 4.22. The number of imidazole rings is 1. The lowest BCUT2D eigenvalue weighted by Crippen LogP contribution is -2.18. The van der Waals surface area contributed by atoms with Crippen LogP contribution in [0.25, 0.3) is 21.9 Å². The molecule has 0 N–H and O–H groups in total. The molecule has 0 unspecified atom stereocenters. The second-order valence-corrected chi connectivity index (χ2v) is 7.76. The van der Waals surface area contributed by atoms with Gasteiger partial charge in [-0.3, -0.25) is 15.0 Å². The Hall–Kier alpha value is -3.37. The minimum Gasteiger partial charge on any atom is -0.323 e. The van der Waals surface area contributed by atoms with Crippen molar-refractivity contribution in [3.8, 4) is 6.07 Å². The van der Waals surface area contributed by atoms with Crippen molar-refractivity contribution in [1.82, 2.24) is 29.4 Å². The van der Waals surface area contributed by atoms with Gasteiger partial charge in [-0.15, -0.1) is 0 Å². The first kappa shape index (κ1) is 17.7. The maximum atomic E-state index is 9.39. The van der Waals surface area contributed by atoms with Gasteiger partial charge >= 0.3 is 0 Å². The van der Waals surface area contributed by atoms with E-state index in [1.54, 1.807) is 6.20 Å². The highest BCUT2D eigenvalue weighted by Crippen LogP contribution is 2.32. The van der Waals surface area contributed by atoms with Gasteiger partial charge in [0.25, 0.3) is 0 Å². The summed E-state index contributed by atoms with van der Waals surface area (Å²) >= 11 is 0. The van der Waals surface area contributed by atoms with Crippen LogP contribution in [-0.4, -0.2) is 49.5 Å². The summed E-state index contributed by atoms with van der Waals surface area (Å²) in [7, 11) is 2.15. The van der Waals surface area contributed by atoms with Crippen molar-refractivity contribution in [2.24, 2.45) is 0 Å². The van der Waals surface area contributed by atoms with Crippen molar-refractivity contribution in [3.63, 3.8) is 0 Å². The second-order valence-electron chi connectivity index (χ2n) is 7.76. The first-order chi connectivity index (χ1) is 14.1. The maximum absolute atomic E-state index is 9.39. The zero-order valence-corrected chi connectivity index (χ0v) is 16.5. The summed E-state index contributed by atoms with van der Waals surface area (Å²) in [5.74, 6) is 0.968. The van der Waals surface area contributed by atoms with E-state index in [0.717, 1.165) is 58.7 Å². The predicted molar refractivity (Wildman–Crippen MR) is 110 cm³/mol. The van der Waals surface area contributed by atoms with E-state index in [0.29, 0.717) is 18.0 Å². The molecule has 0 saturated carbocycles. The monoisotopic (exact) mass is 383 g/mol. The minimum atomic E-state index is 0.328. The van der Waals surface area contributed by atoms with Gasteiger partial charge in [0.05, 0.1) is 40.3 Å². The van der Waals surface area contributed by atoms with Crippen LogP contribution in [0.2, 0.25) is 0 Å². The van der Waals surface area contributed by atoms with Crippen molar-refractivity contribution in [2.75, 3.05) is 20.1 Å². The number of nitrogens with zero attached hydrogens (tertiary/aromatic N) is 7. The SMILES string of the molecule is Cc1cnc(Cc2nc3cnc4ccc(C#N)cc4c3n2[C@@H]2CCN(C)C2)cn1. The summed E-state index contributed by atoms with van der Waals surface area (Å²) in [4.78, 5) is 20.8.